The molecule has 0 fully saturated rings. The highest BCUT2D eigenvalue weighted by Crippen LogP contribution is 2.31. The Morgan fingerprint density at radius 1 is 1.09 bits per heavy atom. The molecule has 23 heavy (non-hydrogen) atoms. The Bertz CT molecular complexity index is 670. The van der Waals surface area contributed by atoms with Crippen molar-refractivity contribution in [3.63, 3.8) is 0 Å². The van der Waals surface area contributed by atoms with Crippen LogP contribution in [0, 0.1) is 0 Å². The summed E-state index contributed by atoms with van der Waals surface area (Å²) in [5.41, 5.74) is 1.61. The molecule has 5 heteroatoms. The summed E-state index contributed by atoms with van der Waals surface area (Å²) in [4.78, 5) is 12.4. The number of hydrogen-bond acceptors (Lipinski definition) is 3. The normalized spacial score (nSPS) is 11.7. The van der Waals surface area contributed by atoms with E-state index in [-0.39, 0.29) is 11.9 Å². The number of halogens is 1. The second kappa shape index (κ2) is 8.02. The lowest BCUT2D eigenvalue weighted by atomic mass is 10.0. The molecule has 4 nitrogen and oxygen atoms in total. The zero-order chi connectivity index (χ0) is 16.8. The first kappa shape index (κ1) is 17.3. The molecule has 122 valence electrons. The van der Waals surface area contributed by atoms with Crippen LogP contribution in [-0.2, 0) is 0 Å². The average molecular weight is 378 g/mol. The third kappa shape index (κ3) is 4.26. The molecule has 1 amide bonds. The minimum atomic E-state index is -0.0980. The number of carbonyl (C=O) groups is 1. The van der Waals surface area contributed by atoms with Gasteiger partial charge in [-0.25, -0.2) is 0 Å². The summed E-state index contributed by atoms with van der Waals surface area (Å²) in [6.07, 6.45) is 0.776. The number of amides is 1. The van der Waals surface area contributed by atoms with Crippen LogP contribution >= 0.6 is 15.9 Å². The predicted molar refractivity (Wildman–Crippen MR) is 94.2 cm³/mol. The van der Waals surface area contributed by atoms with Gasteiger partial charge in [-0.15, -0.1) is 0 Å². The number of methoxy groups -OCH3 is 2. The molecular weight excluding hydrogens is 358 g/mol. The van der Waals surface area contributed by atoms with Crippen molar-refractivity contribution >= 4 is 21.8 Å². The van der Waals surface area contributed by atoms with E-state index in [2.05, 4.69) is 21.2 Å². The first-order chi connectivity index (χ1) is 11.1. The van der Waals surface area contributed by atoms with E-state index < -0.39 is 0 Å². The fourth-order valence-corrected chi connectivity index (χ4v) is 2.60. The SMILES string of the molecule is CC[C@@H](NC(=O)c1ccc(Br)cc1)c1ccc(OC)c(OC)c1. The van der Waals surface area contributed by atoms with Gasteiger partial charge in [0.05, 0.1) is 20.3 Å². The summed E-state index contributed by atoms with van der Waals surface area (Å²) in [6.45, 7) is 2.03. The van der Waals surface area contributed by atoms with E-state index in [1.54, 1.807) is 26.4 Å². The van der Waals surface area contributed by atoms with Crippen molar-refractivity contribution in [2.45, 2.75) is 19.4 Å². The van der Waals surface area contributed by atoms with Gasteiger partial charge in [0, 0.05) is 10.0 Å². The molecule has 1 N–H and O–H groups in total. The van der Waals surface area contributed by atoms with E-state index in [0.29, 0.717) is 17.1 Å². The standard InChI is InChI=1S/C18H20BrNO3/c1-4-15(13-7-10-16(22-2)17(11-13)23-3)20-18(21)12-5-8-14(19)9-6-12/h5-11,15H,4H2,1-3H3,(H,20,21)/t15-/m1/s1. The molecule has 0 saturated carbocycles. The second-order valence-corrected chi connectivity index (χ2v) is 5.97. The average Bonchev–Trinajstić information content (AvgIpc) is 2.59. The van der Waals surface area contributed by atoms with Crippen molar-refractivity contribution in [3.05, 3.63) is 58.1 Å². The Morgan fingerprint density at radius 3 is 2.30 bits per heavy atom. The summed E-state index contributed by atoms with van der Waals surface area (Å²) >= 11 is 3.37. The lowest BCUT2D eigenvalue weighted by Crippen LogP contribution is -2.28. The molecule has 0 bridgehead atoms. The van der Waals surface area contributed by atoms with Crippen LogP contribution in [0.1, 0.15) is 35.3 Å². The maximum Gasteiger partial charge on any atom is 0.251 e. The monoisotopic (exact) mass is 377 g/mol. The fraction of sp³-hybridized carbons (Fsp3) is 0.278. The lowest BCUT2D eigenvalue weighted by Gasteiger charge is -2.19. The summed E-state index contributed by atoms with van der Waals surface area (Å²) in [7, 11) is 3.20. The zero-order valence-electron chi connectivity index (χ0n) is 13.4. The minimum Gasteiger partial charge on any atom is -0.493 e. The number of ether oxygens (including phenoxy) is 2. The third-order valence-electron chi connectivity index (χ3n) is 3.63. The number of rotatable bonds is 6. The van der Waals surface area contributed by atoms with Crippen LogP contribution in [0.25, 0.3) is 0 Å². The van der Waals surface area contributed by atoms with Gasteiger partial charge in [0.25, 0.3) is 5.91 Å². The first-order valence-corrected chi connectivity index (χ1v) is 8.16. The minimum absolute atomic E-state index is 0.0917. The number of hydrogen-bond donors (Lipinski definition) is 1. The number of benzene rings is 2. The van der Waals surface area contributed by atoms with Crippen LogP contribution in [-0.4, -0.2) is 20.1 Å². The van der Waals surface area contributed by atoms with Crippen molar-refractivity contribution in [2.24, 2.45) is 0 Å². The second-order valence-electron chi connectivity index (χ2n) is 5.06. The molecule has 2 rings (SSSR count). The van der Waals surface area contributed by atoms with E-state index in [0.717, 1.165) is 16.5 Å². The summed E-state index contributed by atoms with van der Waals surface area (Å²) in [6, 6.07) is 12.9. The predicted octanol–water partition coefficient (Wildman–Crippen LogP) is 4.35. The van der Waals surface area contributed by atoms with Gasteiger partial charge >= 0.3 is 0 Å². The van der Waals surface area contributed by atoms with Crippen molar-refractivity contribution < 1.29 is 14.3 Å². The number of carbonyl (C=O) groups excluding carboxylic acids is 1. The van der Waals surface area contributed by atoms with Crippen LogP contribution in [0.2, 0.25) is 0 Å². The molecule has 0 aliphatic rings. The Kier molecular flexibility index (Phi) is 6.04. The van der Waals surface area contributed by atoms with Gasteiger partial charge in [0.1, 0.15) is 0 Å². The quantitative estimate of drug-likeness (QED) is 0.813. The Hall–Kier alpha value is -2.01. The van der Waals surface area contributed by atoms with Gasteiger partial charge in [-0.3, -0.25) is 4.79 Å². The van der Waals surface area contributed by atoms with Gasteiger partial charge in [-0.2, -0.15) is 0 Å². The maximum atomic E-state index is 12.4. The van der Waals surface area contributed by atoms with E-state index in [1.807, 2.05) is 37.3 Å². The van der Waals surface area contributed by atoms with Crippen molar-refractivity contribution in [1.29, 1.82) is 0 Å². The molecule has 0 aromatic heterocycles. The highest BCUT2D eigenvalue weighted by atomic mass is 79.9. The Morgan fingerprint density at radius 2 is 1.74 bits per heavy atom. The van der Waals surface area contributed by atoms with Gasteiger partial charge in [0.15, 0.2) is 11.5 Å². The molecule has 1 atom stereocenters. The summed E-state index contributed by atoms with van der Waals surface area (Å²) in [5, 5.41) is 3.06. The topological polar surface area (TPSA) is 47.6 Å². The summed E-state index contributed by atoms with van der Waals surface area (Å²) < 4.78 is 11.5. The van der Waals surface area contributed by atoms with Gasteiger partial charge < -0.3 is 14.8 Å². The van der Waals surface area contributed by atoms with Crippen LogP contribution in [0.3, 0.4) is 0 Å². The maximum absolute atomic E-state index is 12.4. The van der Waals surface area contributed by atoms with Crippen LogP contribution in [0.4, 0.5) is 0 Å². The molecule has 0 saturated heterocycles. The molecule has 0 unspecified atom stereocenters. The van der Waals surface area contributed by atoms with Gasteiger partial charge in [-0.05, 0) is 48.4 Å². The smallest absolute Gasteiger partial charge is 0.251 e. The van der Waals surface area contributed by atoms with Gasteiger partial charge in [-0.1, -0.05) is 28.9 Å². The molecule has 0 spiro atoms. The fourth-order valence-electron chi connectivity index (χ4n) is 2.33. The largest absolute Gasteiger partial charge is 0.493 e. The van der Waals surface area contributed by atoms with Crippen LogP contribution < -0.4 is 14.8 Å². The van der Waals surface area contributed by atoms with Crippen molar-refractivity contribution in [1.82, 2.24) is 5.32 Å². The van der Waals surface area contributed by atoms with Crippen molar-refractivity contribution in [2.75, 3.05) is 14.2 Å². The van der Waals surface area contributed by atoms with E-state index in [4.69, 9.17) is 9.47 Å². The lowest BCUT2D eigenvalue weighted by molar-refractivity contribution is 0.0935. The van der Waals surface area contributed by atoms with E-state index in [9.17, 15) is 4.79 Å². The highest BCUT2D eigenvalue weighted by Gasteiger charge is 2.16. The zero-order valence-corrected chi connectivity index (χ0v) is 15.0. The molecule has 0 aliphatic heterocycles. The molecular formula is C18H20BrNO3. The number of nitrogens with one attached hydrogen (secondary N) is 1. The molecule has 0 aliphatic carbocycles. The Labute approximate surface area is 144 Å². The third-order valence-corrected chi connectivity index (χ3v) is 4.16. The Balaban J connectivity index is 2.19. The van der Waals surface area contributed by atoms with Crippen molar-refractivity contribution in [3.8, 4) is 11.5 Å². The molecule has 2 aromatic rings. The first-order valence-electron chi connectivity index (χ1n) is 7.37. The van der Waals surface area contributed by atoms with E-state index >= 15 is 0 Å². The molecule has 2 aromatic carbocycles. The van der Waals surface area contributed by atoms with Crippen LogP contribution in [0.15, 0.2) is 46.9 Å². The van der Waals surface area contributed by atoms with E-state index in [1.165, 1.54) is 0 Å². The molecule has 0 heterocycles. The molecule has 0 radical (unpaired) electrons. The van der Waals surface area contributed by atoms with Crippen LogP contribution in [0.5, 0.6) is 11.5 Å². The highest BCUT2D eigenvalue weighted by molar-refractivity contribution is 9.10. The summed E-state index contributed by atoms with van der Waals surface area (Å²) in [5.74, 6) is 1.23. The van der Waals surface area contributed by atoms with Gasteiger partial charge in [0.2, 0.25) is 0 Å².